The zero-order valence-electron chi connectivity index (χ0n) is 19.4. The standard InChI is InChI=1S/C28H21N5O2S/c1-2-35-23-15-13-20(14-16-23)26-29-28-33(31-26)27(34)24(36-28)17-21-18-32(22-11-7-4-8-12-22)30-25(21)19-9-5-3-6-10-19/h3-18H,2H2,1H3/b24-17+. The third-order valence-electron chi connectivity index (χ3n) is 5.70. The van der Waals surface area contributed by atoms with Crippen LogP contribution >= 0.6 is 11.3 Å². The molecule has 0 bridgehead atoms. The van der Waals surface area contributed by atoms with Crippen LogP contribution in [-0.2, 0) is 0 Å². The van der Waals surface area contributed by atoms with Gasteiger partial charge in [-0.25, -0.2) is 4.68 Å². The summed E-state index contributed by atoms with van der Waals surface area (Å²) in [6.45, 7) is 2.55. The molecule has 0 radical (unpaired) electrons. The molecule has 176 valence electrons. The van der Waals surface area contributed by atoms with Crippen molar-refractivity contribution < 1.29 is 4.74 Å². The van der Waals surface area contributed by atoms with Crippen molar-refractivity contribution in [2.75, 3.05) is 6.61 Å². The predicted octanol–water partition coefficient (Wildman–Crippen LogP) is 4.62. The van der Waals surface area contributed by atoms with Crippen LogP contribution < -0.4 is 14.8 Å². The molecule has 0 atom stereocenters. The first-order valence-corrected chi connectivity index (χ1v) is 12.4. The minimum Gasteiger partial charge on any atom is -0.494 e. The van der Waals surface area contributed by atoms with Gasteiger partial charge in [-0.05, 0) is 49.4 Å². The Hall–Kier alpha value is -4.56. The summed E-state index contributed by atoms with van der Waals surface area (Å²) >= 11 is 1.31. The van der Waals surface area contributed by atoms with Gasteiger partial charge < -0.3 is 4.74 Å². The van der Waals surface area contributed by atoms with Gasteiger partial charge in [-0.1, -0.05) is 59.9 Å². The van der Waals surface area contributed by atoms with Gasteiger partial charge in [0.25, 0.3) is 5.56 Å². The number of rotatable bonds is 6. The van der Waals surface area contributed by atoms with Crippen LogP contribution in [0.2, 0.25) is 0 Å². The fraction of sp³-hybridized carbons (Fsp3) is 0.0714. The molecule has 0 amide bonds. The van der Waals surface area contributed by atoms with Gasteiger partial charge in [0.05, 0.1) is 22.5 Å². The Balaban J connectivity index is 1.43. The number of fused-ring (bicyclic) bond motifs is 1. The van der Waals surface area contributed by atoms with Crippen LogP contribution in [0.3, 0.4) is 0 Å². The molecule has 3 heterocycles. The first kappa shape index (κ1) is 21.9. The van der Waals surface area contributed by atoms with Crippen LogP contribution in [0.25, 0.3) is 39.4 Å². The molecule has 8 heteroatoms. The molecule has 0 aliphatic rings. The number of nitrogens with zero attached hydrogens (tertiary/aromatic N) is 5. The molecular weight excluding hydrogens is 470 g/mol. The van der Waals surface area contributed by atoms with E-state index in [0.29, 0.717) is 21.9 Å². The van der Waals surface area contributed by atoms with Crippen molar-refractivity contribution >= 4 is 22.4 Å². The number of hydrogen-bond donors (Lipinski definition) is 0. The number of aromatic nitrogens is 5. The second-order valence-corrected chi connectivity index (χ2v) is 9.09. The van der Waals surface area contributed by atoms with Crippen LogP contribution in [0, 0.1) is 0 Å². The Morgan fingerprint density at radius 2 is 1.61 bits per heavy atom. The van der Waals surface area contributed by atoms with Crippen molar-refractivity contribution in [2.45, 2.75) is 6.92 Å². The summed E-state index contributed by atoms with van der Waals surface area (Å²) in [6, 6.07) is 27.4. The lowest BCUT2D eigenvalue weighted by molar-refractivity contribution is 0.340. The second kappa shape index (κ2) is 9.24. The van der Waals surface area contributed by atoms with Crippen LogP contribution in [0.4, 0.5) is 0 Å². The summed E-state index contributed by atoms with van der Waals surface area (Å²) in [5.41, 5.74) is 4.19. The highest BCUT2D eigenvalue weighted by molar-refractivity contribution is 7.15. The predicted molar refractivity (Wildman–Crippen MR) is 142 cm³/mol. The van der Waals surface area contributed by atoms with Crippen molar-refractivity contribution in [3.8, 4) is 34.1 Å². The SMILES string of the molecule is CCOc1ccc(-c2nc3s/c(=C/c4cn(-c5ccccc5)nc4-c4ccccc4)c(=O)n3n2)cc1. The number of benzene rings is 3. The van der Waals surface area contributed by atoms with E-state index in [-0.39, 0.29) is 5.56 Å². The van der Waals surface area contributed by atoms with E-state index < -0.39 is 0 Å². The Morgan fingerprint density at radius 3 is 2.31 bits per heavy atom. The summed E-state index contributed by atoms with van der Waals surface area (Å²) < 4.78 is 9.25. The van der Waals surface area contributed by atoms with Crippen molar-refractivity contribution in [1.29, 1.82) is 0 Å². The highest BCUT2D eigenvalue weighted by Crippen LogP contribution is 2.25. The second-order valence-electron chi connectivity index (χ2n) is 8.08. The first-order valence-electron chi connectivity index (χ1n) is 11.5. The molecule has 3 aromatic carbocycles. The minimum atomic E-state index is -0.203. The quantitative estimate of drug-likeness (QED) is 0.340. The van der Waals surface area contributed by atoms with E-state index in [9.17, 15) is 4.79 Å². The average Bonchev–Trinajstić information content (AvgIpc) is 3.61. The first-order chi connectivity index (χ1) is 17.7. The molecular formula is C28H21N5O2S. The van der Waals surface area contributed by atoms with Gasteiger partial charge in [-0.2, -0.15) is 14.6 Å². The van der Waals surface area contributed by atoms with Crippen LogP contribution in [0.1, 0.15) is 12.5 Å². The van der Waals surface area contributed by atoms with E-state index in [0.717, 1.165) is 33.8 Å². The van der Waals surface area contributed by atoms with E-state index in [1.807, 2.05) is 109 Å². The molecule has 6 rings (SSSR count). The van der Waals surface area contributed by atoms with Crippen LogP contribution in [0.15, 0.2) is 95.9 Å². The molecule has 7 nitrogen and oxygen atoms in total. The summed E-state index contributed by atoms with van der Waals surface area (Å²) in [5, 5.41) is 9.31. The normalized spacial score (nSPS) is 11.9. The summed E-state index contributed by atoms with van der Waals surface area (Å²) in [7, 11) is 0. The van der Waals surface area contributed by atoms with Gasteiger partial charge in [0.2, 0.25) is 4.96 Å². The zero-order chi connectivity index (χ0) is 24.5. The lowest BCUT2D eigenvalue weighted by Crippen LogP contribution is -2.23. The number of hydrogen-bond acceptors (Lipinski definition) is 6. The van der Waals surface area contributed by atoms with Crippen LogP contribution in [0.5, 0.6) is 5.75 Å². The van der Waals surface area contributed by atoms with E-state index in [4.69, 9.17) is 9.84 Å². The molecule has 0 aliphatic heterocycles. The fourth-order valence-electron chi connectivity index (χ4n) is 3.99. The third kappa shape index (κ3) is 4.08. The molecule has 0 fully saturated rings. The maximum absolute atomic E-state index is 13.2. The highest BCUT2D eigenvalue weighted by atomic mass is 32.1. The molecule has 6 aromatic rings. The van der Waals surface area contributed by atoms with Gasteiger partial charge in [-0.15, -0.1) is 5.10 Å². The molecule has 36 heavy (non-hydrogen) atoms. The van der Waals surface area contributed by atoms with Gasteiger partial charge >= 0.3 is 0 Å². The number of thiazole rings is 1. The molecule has 3 aromatic heterocycles. The highest BCUT2D eigenvalue weighted by Gasteiger charge is 2.15. The monoisotopic (exact) mass is 491 g/mol. The zero-order valence-corrected chi connectivity index (χ0v) is 20.2. The Labute approximate surface area is 210 Å². The lowest BCUT2D eigenvalue weighted by atomic mass is 10.1. The topological polar surface area (TPSA) is 74.3 Å². The summed E-state index contributed by atoms with van der Waals surface area (Å²) in [6.07, 6.45) is 3.81. The van der Waals surface area contributed by atoms with Crippen molar-refractivity contribution in [3.63, 3.8) is 0 Å². The Kier molecular flexibility index (Phi) is 5.63. The third-order valence-corrected chi connectivity index (χ3v) is 6.66. The molecule has 0 N–H and O–H groups in total. The van der Waals surface area contributed by atoms with Gasteiger partial charge in [0.1, 0.15) is 5.75 Å². The van der Waals surface area contributed by atoms with E-state index in [2.05, 4.69) is 10.1 Å². The molecule has 0 unspecified atom stereocenters. The van der Waals surface area contributed by atoms with E-state index in [1.165, 1.54) is 15.9 Å². The van der Waals surface area contributed by atoms with Gasteiger partial charge in [0, 0.05) is 22.9 Å². The number of para-hydroxylation sites is 1. The minimum absolute atomic E-state index is 0.203. The van der Waals surface area contributed by atoms with E-state index in [1.54, 1.807) is 0 Å². The van der Waals surface area contributed by atoms with Gasteiger partial charge in [-0.3, -0.25) is 4.79 Å². The molecule has 0 saturated carbocycles. The van der Waals surface area contributed by atoms with Crippen molar-refractivity contribution in [3.05, 3.63) is 112 Å². The number of ether oxygens (including phenoxy) is 1. The largest absolute Gasteiger partial charge is 0.494 e. The Morgan fingerprint density at radius 1 is 0.889 bits per heavy atom. The summed E-state index contributed by atoms with van der Waals surface area (Å²) in [5.74, 6) is 1.30. The maximum Gasteiger partial charge on any atom is 0.291 e. The van der Waals surface area contributed by atoms with Crippen molar-refractivity contribution in [1.82, 2.24) is 24.4 Å². The average molecular weight is 492 g/mol. The lowest BCUT2D eigenvalue weighted by Gasteiger charge is -2.02. The van der Waals surface area contributed by atoms with Gasteiger partial charge in [0.15, 0.2) is 5.82 Å². The molecule has 0 spiro atoms. The summed E-state index contributed by atoms with van der Waals surface area (Å²) in [4.78, 5) is 18.4. The molecule has 0 saturated heterocycles. The maximum atomic E-state index is 13.2. The fourth-order valence-corrected chi connectivity index (χ4v) is 4.89. The molecule has 0 aliphatic carbocycles. The van der Waals surface area contributed by atoms with Crippen LogP contribution in [-0.4, -0.2) is 31.0 Å². The van der Waals surface area contributed by atoms with E-state index >= 15 is 0 Å². The van der Waals surface area contributed by atoms with Crippen molar-refractivity contribution in [2.24, 2.45) is 0 Å². The Bertz CT molecular complexity index is 1750. The smallest absolute Gasteiger partial charge is 0.291 e.